The summed E-state index contributed by atoms with van der Waals surface area (Å²) in [6.45, 7) is 0. The molecule has 1 aliphatic carbocycles. The molecule has 5 nitrogen and oxygen atoms in total. The predicted molar refractivity (Wildman–Crippen MR) is 65.5 cm³/mol. The molecule has 18 heavy (non-hydrogen) atoms. The topological polar surface area (TPSA) is 89.3 Å². The molecular weight excluding hydrogens is 232 g/mol. The van der Waals surface area contributed by atoms with Crippen molar-refractivity contribution in [2.45, 2.75) is 31.2 Å². The lowest BCUT2D eigenvalue weighted by atomic mass is 10.1. The summed E-state index contributed by atoms with van der Waals surface area (Å²) in [6, 6.07) is 4.80. The van der Waals surface area contributed by atoms with Gasteiger partial charge in [0.1, 0.15) is 5.52 Å². The van der Waals surface area contributed by atoms with E-state index in [-0.39, 0.29) is 17.5 Å². The van der Waals surface area contributed by atoms with E-state index < -0.39 is 5.97 Å². The molecule has 0 radical (unpaired) electrons. The zero-order valence-electron chi connectivity index (χ0n) is 9.80. The molecule has 94 valence electrons. The molecule has 3 N–H and O–H groups in total. The number of aromatic carboxylic acids is 1. The van der Waals surface area contributed by atoms with Gasteiger partial charge in [-0.2, -0.15) is 0 Å². The first-order chi connectivity index (χ1) is 8.65. The van der Waals surface area contributed by atoms with Crippen LogP contribution in [0.15, 0.2) is 22.6 Å². The standard InChI is InChI=1S/C13H14N2O3/c14-9-3-1-2-8(9)12-15-10-6-7(13(16)17)4-5-11(10)18-12/h4-6,8-9H,1-3,14H2,(H,16,17). The molecule has 0 saturated heterocycles. The molecule has 0 amide bonds. The predicted octanol–water partition coefficient (Wildman–Crippen LogP) is 2.12. The molecular formula is C13H14N2O3. The van der Waals surface area contributed by atoms with Gasteiger partial charge in [-0.1, -0.05) is 6.42 Å². The van der Waals surface area contributed by atoms with E-state index >= 15 is 0 Å². The third-order valence-electron chi connectivity index (χ3n) is 3.54. The first-order valence-corrected chi connectivity index (χ1v) is 6.04. The Morgan fingerprint density at radius 2 is 2.28 bits per heavy atom. The Bertz CT molecular complexity index is 605. The first-order valence-electron chi connectivity index (χ1n) is 6.04. The van der Waals surface area contributed by atoms with E-state index in [1.165, 1.54) is 12.1 Å². The first kappa shape index (κ1) is 11.2. The third kappa shape index (κ3) is 1.76. The Kier molecular flexibility index (Phi) is 2.56. The van der Waals surface area contributed by atoms with Gasteiger partial charge in [0.15, 0.2) is 11.5 Å². The number of nitrogens with two attached hydrogens (primary N) is 1. The summed E-state index contributed by atoms with van der Waals surface area (Å²) in [6.07, 6.45) is 3.06. The van der Waals surface area contributed by atoms with Gasteiger partial charge in [0.25, 0.3) is 0 Å². The number of aromatic nitrogens is 1. The molecule has 1 aromatic heterocycles. The van der Waals surface area contributed by atoms with Crippen molar-refractivity contribution in [3.8, 4) is 0 Å². The van der Waals surface area contributed by atoms with Crippen molar-refractivity contribution in [1.29, 1.82) is 0 Å². The van der Waals surface area contributed by atoms with Crippen molar-refractivity contribution in [3.05, 3.63) is 29.7 Å². The second-order valence-electron chi connectivity index (χ2n) is 4.74. The zero-order valence-corrected chi connectivity index (χ0v) is 9.80. The molecule has 2 aromatic rings. The van der Waals surface area contributed by atoms with Crippen LogP contribution in [0.1, 0.15) is 41.4 Å². The van der Waals surface area contributed by atoms with Gasteiger partial charge in [0, 0.05) is 6.04 Å². The van der Waals surface area contributed by atoms with Gasteiger partial charge < -0.3 is 15.3 Å². The monoisotopic (exact) mass is 246 g/mol. The van der Waals surface area contributed by atoms with E-state index in [2.05, 4.69) is 4.98 Å². The maximum absolute atomic E-state index is 10.9. The summed E-state index contributed by atoms with van der Waals surface area (Å²) in [7, 11) is 0. The Hall–Kier alpha value is -1.88. The Balaban J connectivity index is 2.02. The molecule has 1 fully saturated rings. The van der Waals surface area contributed by atoms with Gasteiger partial charge in [0.2, 0.25) is 0 Å². The van der Waals surface area contributed by atoms with Crippen LogP contribution in [0.3, 0.4) is 0 Å². The van der Waals surface area contributed by atoms with Crippen molar-refractivity contribution < 1.29 is 14.3 Å². The van der Waals surface area contributed by atoms with Gasteiger partial charge in [-0.15, -0.1) is 0 Å². The maximum Gasteiger partial charge on any atom is 0.335 e. The van der Waals surface area contributed by atoms with Crippen molar-refractivity contribution in [1.82, 2.24) is 4.98 Å². The minimum absolute atomic E-state index is 0.0945. The van der Waals surface area contributed by atoms with Crippen molar-refractivity contribution in [2.24, 2.45) is 5.73 Å². The van der Waals surface area contributed by atoms with Crippen molar-refractivity contribution >= 4 is 17.1 Å². The number of carboxylic acids is 1. The summed E-state index contributed by atoms with van der Waals surface area (Å²) >= 11 is 0. The third-order valence-corrected chi connectivity index (χ3v) is 3.54. The average molecular weight is 246 g/mol. The molecule has 2 atom stereocenters. The molecule has 0 aliphatic heterocycles. The van der Waals surface area contributed by atoms with E-state index in [1.807, 2.05) is 0 Å². The van der Waals surface area contributed by atoms with Gasteiger partial charge in [-0.25, -0.2) is 9.78 Å². The number of oxazole rings is 1. The molecule has 3 rings (SSSR count). The summed E-state index contributed by atoms with van der Waals surface area (Å²) in [5, 5.41) is 8.93. The van der Waals surface area contributed by atoms with Crippen LogP contribution in [-0.2, 0) is 0 Å². The fourth-order valence-electron chi connectivity index (χ4n) is 2.53. The summed E-state index contributed by atoms with van der Waals surface area (Å²) in [5.74, 6) is -0.165. The molecule has 1 aliphatic rings. The molecule has 1 aromatic carbocycles. The van der Waals surface area contributed by atoms with Gasteiger partial charge in [-0.05, 0) is 31.0 Å². The molecule has 0 bridgehead atoms. The minimum Gasteiger partial charge on any atom is -0.478 e. The number of carbonyl (C=O) groups is 1. The van der Waals surface area contributed by atoms with E-state index in [4.69, 9.17) is 15.3 Å². The maximum atomic E-state index is 10.9. The molecule has 0 spiro atoms. The summed E-state index contributed by atoms with van der Waals surface area (Å²) in [5.41, 5.74) is 7.44. The number of hydrogen-bond acceptors (Lipinski definition) is 4. The Morgan fingerprint density at radius 3 is 2.94 bits per heavy atom. The lowest BCUT2D eigenvalue weighted by Gasteiger charge is -2.09. The lowest BCUT2D eigenvalue weighted by Crippen LogP contribution is -2.22. The Labute approximate surface area is 104 Å². The SMILES string of the molecule is NC1CCCC1c1nc2cc(C(=O)O)ccc2o1. The smallest absolute Gasteiger partial charge is 0.335 e. The number of hydrogen-bond donors (Lipinski definition) is 2. The van der Waals surface area contributed by atoms with Crippen LogP contribution in [0.2, 0.25) is 0 Å². The molecule has 5 heteroatoms. The van der Waals surface area contributed by atoms with Crippen LogP contribution in [0.25, 0.3) is 11.1 Å². The highest BCUT2D eigenvalue weighted by molar-refractivity contribution is 5.91. The number of nitrogens with zero attached hydrogens (tertiary/aromatic N) is 1. The largest absolute Gasteiger partial charge is 0.478 e. The fourth-order valence-corrected chi connectivity index (χ4v) is 2.53. The number of rotatable bonds is 2. The van der Waals surface area contributed by atoms with Crippen LogP contribution < -0.4 is 5.73 Å². The van der Waals surface area contributed by atoms with Crippen molar-refractivity contribution in [2.75, 3.05) is 0 Å². The second-order valence-corrected chi connectivity index (χ2v) is 4.74. The van der Waals surface area contributed by atoms with E-state index in [0.717, 1.165) is 19.3 Å². The lowest BCUT2D eigenvalue weighted by molar-refractivity contribution is 0.0697. The highest BCUT2D eigenvalue weighted by Crippen LogP contribution is 2.34. The van der Waals surface area contributed by atoms with Gasteiger partial charge >= 0.3 is 5.97 Å². The van der Waals surface area contributed by atoms with Crippen LogP contribution >= 0.6 is 0 Å². The number of carboxylic acid groups (broad SMARTS) is 1. The number of benzene rings is 1. The Morgan fingerprint density at radius 1 is 1.44 bits per heavy atom. The second kappa shape index (κ2) is 4.10. The van der Waals surface area contributed by atoms with Crippen LogP contribution in [-0.4, -0.2) is 22.1 Å². The van der Waals surface area contributed by atoms with E-state index in [9.17, 15) is 4.79 Å². The normalized spacial score (nSPS) is 23.6. The fraction of sp³-hybridized carbons (Fsp3) is 0.385. The minimum atomic E-state index is -0.959. The van der Waals surface area contributed by atoms with Crippen LogP contribution in [0.5, 0.6) is 0 Å². The van der Waals surface area contributed by atoms with Gasteiger partial charge in [-0.3, -0.25) is 0 Å². The highest BCUT2D eigenvalue weighted by atomic mass is 16.4. The van der Waals surface area contributed by atoms with E-state index in [0.29, 0.717) is 17.0 Å². The molecule has 2 unspecified atom stereocenters. The van der Waals surface area contributed by atoms with Gasteiger partial charge in [0.05, 0.1) is 11.5 Å². The van der Waals surface area contributed by atoms with Crippen molar-refractivity contribution in [3.63, 3.8) is 0 Å². The number of fused-ring (bicyclic) bond motifs is 1. The van der Waals surface area contributed by atoms with E-state index in [1.54, 1.807) is 6.07 Å². The summed E-state index contributed by atoms with van der Waals surface area (Å²) < 4.78 is 5.67. The van der Waals surface area contributed by atoms with Crippen LogP contribution in [0, 0.1) is 0 Å². The summed E-state index contributed by atoms with van der Waals surface area (Å²) in [4.78, 5) is 15.3. The highest BCUT2D eigenvalue weighted by Gasteiger charge is 2.29. The zero-order chi connectivity index (χ0) is 12.7. The quantitative estimate of drug-likeness (QED) is 0.847. The molecule has 1 saturated carbocycles. The molecule has 1 heterocycles. The van der Waals surface area contributed by atoms with Crippen LogP contribution in [0.4, 0.5) is 0 Å². The average Bonchev–Trinajstić information content (AvgIpc) is 2.92.